The molecule has 0 aliphatic carbocycles. The summed E-state index contributed by atoms with van der Waals surface area (Å²) >= 11 is 0. The first-order chi connectivity index (χ1) is 17.5. The normalized spacial score (nSPS) is 18.2. The van der Waals surface area contributed by atoms with Crippen LogP contribution in [0.4, 0.5) is 5.95 Å². The van der Waals surface area contributed by atoms with E-state index in [4.69, 9.17) is 9.72 Å². The van der Waals surface area contributed by atoms with Gasteiger partial charge in [-0.2, -0.15) is 5.10 Å². The van der Waals surface area contributed by atoms with Gasteiger partial charge < -0.3 is 14.5 Å². The fourth-order valence-corrected chi connectivity index (χ4v) is 5.08. The van der Waals surface area contributed by atoms with Crippen molar-refractivity contribution in [1.82, 2.24) is 34.4 Å². The Morgan fingerprint density at radius 1 is 1.08 bits per heavy atom. The predicted molar refractivity (Wildman–Crippen MR) is 145 cm³/mol. The summed E-state index contributed by atoms with van der Waals surface area (Å²) in [5, 5.41) is 4.63. The number of fused-ring (bicyclic) bond motifs is 1. The van der Waals surface area contributed by atoms with Crippen LogP contribution in [0.25, 0.3) is 11.0 Å². The number of anilines is 1. The number of nitrogens with zero attached hydrogens (tertiary/aromatic N) is 7. The molecule has 2 fully saturated rings. The Balaban J connectivity index is 1.40. The molecule has 0 unspecified atom stereocenters. The SMILES string of the molecule is CC(C)CN(CCN1CCN(CC(=O)N2CCOCC2)CC1)c1nc2c(C(C)(C)C)nn(C)c2c(=O)[nH]1. The van der Waals surface area contributed by atoms with Crippen LogP contribution in [0, 0.1) is 5.92 Å². The van der Waals surface area contributed by atoms with E-state index in [1.54, 1.807) is 11.7 Å². The number of ether oxygens (including phenoxy) is 1. The van der Waals surface area contributed by atoms with Crippen LogP contribution in [0.2, 0.25) is 0 Å². The molecule has 2 saturated heterocycles. The van der Waals surface area contributed by atoms with E-state index in [1.807, 2.05) is 4.90 Å². The average Bonchev–Trinajstić information content (AvgIpc) is 3.20. The van der Waals surface area contributed by atoms with Crippen molar-refractivity contribution in [2.24, 2.45) is 13.0 Å². The lowest BCUT2D eigenvalue weighted by Gasteiger charge is -2.37. The van der Waals surface area contributed by atoms with Crippen LogP contribution in [0.5, 0.6) is 0 Å². The number of nitrogens with one attached hydrogen (secondary N) is 1. The Morgan fingerprint density at radius 3 is 2.35 bits per heavy atom. The van der Waals surface area contributed by atoms with Gasteiger partial charge in [-0.15, -0.1) is 0 Å². The summed E-state index contributed by atoms with van der Waals surface area (Å²) in [5.74, 6) is 1.23. The molecule has 2 aromatic heterocycles. The largest absolute Gasteiger partial charge is 0.378 e. The number of aryl methyl sites for hydroxylation is 1. The number of rotatable bonds is 8. The maximum Gasteiger partial charge on any atom is 0.278 e. The van der Waals surface area contributed by atoms with Gasteiger partial charge in [-0.25, -0.2) is 4.98 Å². The lowest BCUT2D eigenvalue weighted by atomic mass is 9.91. The molecule has 0 radical (unpaired) electrons. The van der Waals surface area contributed by atoms with Crippen LogP contribution < -0.4 is 10.5 Å². The van der Waals surface area contributed by atoms with Gasteiger partial charge >= 0.3 is 0 Å². The van der Waals surface area contributed by atoms with E-state index in [9.17, 15) is 9.59 Å². The van der Waals surface area contributed by atoms with Crippen LogP contribution >= 0.6 is 0 Å². The Labute approximate surface area is 219 Å². The molecular formula is C26H44N8O3. The molecule has 0 aromatic carbocycles. The van der Waals surface area contributed by atoms with Crippen molar-refractivity contribution in [2.75, 3.05) is 83.6 Å². The molecule has 37 heavy (non-hydrogen) atoms. The van der Waals surface area contributed by atoms with E-state index < -0.39 is 0 Å². The van der Waals surface area contributed by atoms with Crippen molar-refractivity contribution in [3.05, 3.63) is 16.0 Å². The summed E-state index contributed by atoms with van der Waals surface area (Å²) < 4.78 is 7.00. The third kappa shape index (κ3) is 6.69. The number of carbonyl (C=O) groups is 1. The fourth-order valence-electron chi connectivity index (χ4n) is 5.08. The second kappa shape index (κ2) is 11.5. The topological polar surface area (TPSA) is 103 Å². The number of carbonyl (C=O) groups excluding carboxylic acids is 1. The van der Waals surface area contributed by atoms with Crippen molar-refractivity contribution in [2.45, 2.75) is 40.0 Å². The molecule has 0 spiro atoms. The van der Waals surface area contributed by atoms with E-state index >= 15 is 0 Å². The molecule has 2 aliphatic rings. The summed E-state index contributed by atoms with van der Waals surface area (Å²) in [5.41, 5.74) is 1.66. The highest BCUT2D eigenvalue weighted by Gasteiger charge is 2.27. The first-order valence-electron chi connectivity index (χ1n) is 13.6. The van der Waals surface area contributed by atoms with Crippen LogP contribution in [0.1, 0.15) is 40.3 Å². The number of H-pyrrole nitrogens is 1. The van der Waals surface area contributed by atoms with Gasteiger partial charge in [-0.1, -0.05) is 34.6 Å². The monoisotopic (exact) mass is 516 g/mol. The zero-order chi connectivity index (χ0) is 26.7. The summed E-state index contributed by atoms with van der Waals surface area (Å²) in [7, 11) is 1.80. The van der Waals surface area contributed by atoms with Gasteiger partial charge in [-0.3, -0.25) is 29.1 Å². The highest BCUT2D eigenvalue weighted by atomic mass is 16.5. The van der Waals surface area contributed by atoms with Gasteiger partial charge in [0.25, 0.3) is 5.56 Å². The van der Waals surface area contributed by atoms with E-state index in [0.717, 1.165) is 51.5 Å². The van der Waals surface area contributed by atoms with Crippen LogP contribution in [0.3, 0.4) is 0 Å². The molecule has 1 N–H and O–H groups in total. The summed E-state index contributed by atoms with van der Waals surface area (Å²) in [6, 6.07) is 0. The number of morpholine rings is 1. The molecule has 2 aliphatic heterocycles. The molecule has 0 bridgehead atoms. The van der Waals surface area contributed by atoms with E-state index in [2.05, 4.69) is 59.4 Å². The minimum absolute atomic E-state index is 0.155. The van der Waals surface area contributed by atoms with Gasteiger partial charge in [0.2, 0.25) is 11.9 Å². The molecule has 206 valence electrons. The number of piperazine rings is 1. The Morgan fingerprint density at radius 2 is 1.73 bits per heavy atom. The molecule has 4 rings (SSSR count). The maximum atomic E-state index is 13.1. The van der Waals surface area contributed by atoms with Crippen LogP contribution in [0.15, 0.2) is 4.79 Å². The lowest BCUT2D eigenvalue weighted by Crippen LogP contribution is -2.52. The lowest BCUT2D eigenvalue weighted by molar-refractivity contribution is -0.136. The molecular weight excluding hydrogens is 472 g/mol. The van der Waals surface area contributed by atoms with Gasteiger partial charge in [-0.05, 0) is 5.92 Å². The van der Waals surface area contributed by atoms with E-state index in [0.29, 0.717) is 55.7 Å². The molecule has 11 nitrogen and oxygen atoms in total. The standard InChI is InChI=1S/C26H44N8O3/c1-19(2)17-34(25-27-21-22(24(36)28-25)30(6)29-23(21)26(3,4)5)12-11-31-7-9-32(10-8-31)18-20(35)33-13-15-37-16-14-33/h19H,7-18H2,1-6H3,(H,27,28,36). The van der Waals surface area contributed by atoms with Crippen molar-refractivity contribution >= 4 is 22.9 Å². The van der Waals surface area contributed by atoms with E-state index in [1.165, 1.54) is 0 Å². The Hall–Kier alpha value is -2.50. The number of hydrogen-bond acceptors (Lipinski definition) is 8. The van der Waals surface area contributed by atoms with E-state index in [-0.39, 0.29) is 16.9 Å². The average molecular weight is 517 g/mol. The van der Waals surface area contributed by atoms with Crippen LogP contribution in [-0.2, 0) is 22.0 Å². The Bertz CT molecular complexity index is 1120. The molecule has 0 saturated carbocycles. The molecule has 0 atom stereocenters. The molecule has 2 aromatic rings. The first-order valence-corrected chi connectivity index (χ1v) is 13.6. The van der Waals surface area contributed by atoms with Gasteiger partial charge in [0, 0.05) is 71.4 Å². The number of aromatic nitrogens is 4. The predicted octanol–water partition coefficient (Wildman–Crippen LogP) is 0.893. The number of aromatic amines is 1. The first kappa shape index (κ1) is 27.5. The number of hydrogen-bond donors (Lipinski definition) is 1. The van der Waals surface area contributed by atoms with Gasteiger partial charge in [0.15, 0.2) is 5.52 Å². The smallest absolute Gasteiger partial charge is 0.278 e. The third-order valence-electron chi connectivity index (χ3n) is 7.15. The van der Waals surface area contributed by atoms with Crippen molar-refractivity contribution < 1.29 is 9.53 Å². The molecule has 4 heterocycles. The maximum absolute atomic E-state index is 13.1. The fraction of sp³-hybridized carbons (Fsp3) is 0.769. The zero-order valence-corrected chi connectivity index (χ0v) is 23.4. The van der Waals surface area contributed by atoms with Crippen LogP contribution in [-0.4, -0.2) is 119 Å². The third-order valence-corrected chi connectivity index (χ3v) is 7.15. The van der Waals surface area contributed by atoms with Crippen molar-refractivity contribution in [1.29, 1.82) is 0 Å². The second-order valence-electron chi connectivity index (χ2n) is 11.8. The second-order valence-corrected chi connectivity index (χ2v) is 11.8. The Kier molecular flexibility index (Phi) is 8.55. The molecule has 1 amide bonds. The number of amides is 1. The quantitative estimate of drug-likeness (QED) is 0.552. The highest BCUT2D eigenvalue weighted by Crippen LogP contribution is 2.27. The zero-order valence-electron chi connectivity index (χ0n) is 23.4. The summed E-state index contributed by atoms with van der Waals surface area (Å²) in [6.45, 7) is 19.8. The minimum atomic E-state index is -0.219. The van der Waals surface area contributed by atoms with Crippen molar-refractivity contribution in [3.63, 3.8) is 0 Å². The van der Waals surface area contributed by atoms with Crippen molar-refractivity contribution in [3.8, 4) is 0 Å². The highest BCUT2D eigenvalue weighted by molar-refractivity contribution is 5.79. The summed E-state index contributed by atoms with van der Waals surface area (Å²) in [6.07, 6.45) is 0. The van der Waals surface area contributed by atoms with Gasteiger partial charge in [0.05, 0.1) is 25.5 Å². The minimum Gasteiger partial charge on any atom is -0.378 e. The van der Waals surface area contributed by atoms with Gasteiger partial charge in [0.1, 0.15) is 5.52 Å². The molecule has 11 heteroatoms. The summed E-state index contributed by atoms with van der Waals surface area (Å²) in [4.78, 5) is 42.4.